The van der Waals surface area contributed by atoms with Crippen LogP contribution < -0.4 is 21.2 Å². The lowest BCUT2D eigenvalue weighted by atomic mass is 10.1. The van der Waals surface area contributed by atoms with Crippen LogP contribution in [0.5, 0.6) is 5.75 Å². The monoisotopic (exact) mass is 781 g/mol. The largest absolute Gasteiger partial charge is 0.485 e. The minimum atomic E-state index is -4.16. The van der Waals surface area contributed by atoms with Gasteiger partial charge in [0.15, 0.2) is 11.4 Å². The molecule has 0 bridgehead atoms. The Morgan fingerprint density at radius 3 is 2.47 bits per heavy atom. The van der Waals surface area contributed by atoms with Crippen LogP contribution in [0.1, 0.15) is 46.4 Å². The van der Waals surface area contributed by atoms with Crippen LogP contribution in [-0.2, 0) is 31.5 Å². The second-order valence-corrected chi connectivity index (χ2v) is 15.5. The molecule has 1 aliphatic heterocycles. The second kappa shape index (κ2) is 17.3. The summed E-state index contributed by atoms with van der Waals surface area (Å²) in [4.78, 5) is 29.8. The van der Waals surface area contributed by atoms with Gasteiger partial charge in [0.1, 0.15) is 17.5 Å². The third-order valence-electron chi connectivity index (χ3n) is 7.52. The minimum absolute atomic E-state index is 0.0667. The molecule has 2 aromatic heterocycles. The number of nitrogens with zero attached hydrogens (tertiary/aromatic N) is 4. The fourth-order valence-corrected chi connectivity index (χ4v) is 7.74. The number of hydrogen-bond donors (Lipinski definition) is 4. The standard InChI is InChI=1S/C31H33Cl2N7O5S.CH4O3S/c1-20-18-39-15-3-6-26(29(39)38-20)45-19-23-24(32)11-12-27(28(23)33)46(43,44)40-16-2-5-25(40)31(42)36-14-4-13-35-30(41)22-9-7-21(8-10-22)17-37-34;1-5(2,3)4/h3,6-12,15,17-18,25H,2,4-5,13-14,16,19,34H2,1H3,(H,35,41)(H,36,42);1H3,(H,2,3,4)/t25-;/m0./s1. The number of ether oxygens (including phenoxy) is 1. The highest BCUT2D eigenvalue weighted by atomic mass is 35.5. The van der Waals surface area contributed by atoms with Gasteiger partial charge in [-0.25, -0.2) is 13.4 Å². The molecule has 15 nitrogen and oxygen atoms in total. The van der Waals surface area contributed by atoms with Gasteiger partial charge in [-0.1, -0.05) is 35.3 Å². The van der Waals surface area contributed by atoms with Crippen molar-refractivity contribution in [3.05, 3.63) is 93.4 Å². The summed E-state index contributed by atoms with van der Waals surface area (Å²) in [7, 11) is -7.83. The van der Waals surface area contributed by atoms with Gasteiger partial charge >= 0.3 is 0 Å². The summed E-state index contributed by atoms with van der Waals surface area (Å²) in [5.74, 6) is 4.95. The number of hydrogen-bond acceptors (Lipinski definition) is 10. The SMILES string of the molecule is CS(=O)(=O)O.Cc1cn2cccc(OCc3c(Cl)ccc(S(=O)(=O)N4CCC[C@H]4C(=O)NCCCNC(=O)c4ccc(C=NN)cc4)c3Cl)c2n1. The molecule has 1 aliphatic rings. The number of carbonyl (C=O) groups is 2. The summed E-state index contributed by atoms with van der Waals surface area (Å²) in [6.07, 6.45) is 7.22. The molecule has 4 aromatic rings. The molecule has 5 rings (SSSR count). The highest BCUT2D eigenvalue weighted by Gasteiger charge is 2.40. The first kappa shape index (κ1) is 39.5. The van der Waals surface area contributed by atoms with E-state index in [0.717, 1.165) is 11.3 Å². The number of aromatic nitrogens is 2. The fourth-order valence-electron chi connectivity index (χ4n) is 5.22. The van der Waals surface area contributed by atoms with E-state index in [2.05, 4.69) is 20.7 Å². The van der Waals surface area contributed by atoms with Crippen LogP contribution in [0.25, 0.3) is 5.65 Å². The van der Waals surface area contributed by atoms with Gasteiger partial charge in [0.25, 0.3) is 16.0 Å². The second-order valence-electron chi connectivity index (χ2n) is 11.4. The molecule has 0 saturated carbocycles. The summed E-state index contributed by atoms with van der Waals surface area (Å²) < 4.78 is 62.5. The number of halogens is 2. The third-order valence-corrected chi connectivity index (χ3v) is 10.4. The molecule has 5 N–H and O–H groups in total. The summed E-state index contributed by atoms with van der Waals surface area (Å²) in [5.41, 5.74) is 2.97. The van der Waals surface area contributed by atoms with Gasteiger partial charge in [-0.05, 0) is 68.1 Å². The normalized spacial score (nSPS) is 15.0. The van der Waals surface area contributed by atoms with E-state index in [1.165, 1.54) is 22.7 Å². The molecule has 0 unspecified atom stereocenters. The highest BCUT2D eigenvalue weighted by molar-refractivity contribution is 7.89. The molecular formula is C32H37Cl2N7O8S2. The van der Waals surface area contributed by atoms with E-state index < -0.39 is 32.1 Å². The Balaban J connectivity index is 0.00000109. The van der Waals surface area contributed by atoms with E-state index in [0.29, 0.717) is 54.6 Å². The molecule has 0 radical (unpaired) electrons. The molecule has 0 spiro atoms. The van der Waals surface area contributed by atoms with Crippen LogP contribution in [-0.4, -0.2) is 85.0 Å². The molecule has 51 heavy (non-hydrogen) atoms. The molecule has 274 valence electrons. The zero-order valence-electron chi connectivity index (χ0n) is 27.6. The van der Waals surface area contributed by atoms with Gasteiger partial charge in [-0.15, -0.1) is 0 Å². The molecule has 19 heteroatoms. The van der Waals surface area contributed by atoms with Crippen molar-refractivity contribution in [3.8, 4) is 5.75 Å². The van der Waals surface area contributed by atoms with Crippen molar-refractivity contribution in [3.63, 3.8) is 0 Å². The van der Waals surface area contributed by atoms with E-state index >= 15 is 0 Å². The van der Waals surface area contributed by atoms with E-state index in [4.69, 9.17) is 38.3 Å². The maximum absolute atomic E-state index is 13.8. The number of rotatable bonds is 12. The van der Waals surface area contributed by atoms with E-state index in [9.17, 15) is 26.4 Å². The van der Waals surface area contributed by atoms with Crippen molar-refractivity contribution in [1.29, 1.82) is 0 Å². The Morgan fingerprint density at radius 2 is 1.78 bits per heavy atom. The van der Waals surface area contributed by atoms with E-state index in [1.54, 1.807) is 30.3 Å². The van der Waals surface area contributed by atoms with E-state index in [1.807, 2.05) is 29.8 Å². The van der Waals surface area contributed by atoms with Crippen molar-refractivity contribution >= 4 is 67.0 Å². The minimum Gasteiger partial charge on any atom is -0.485 e. The molecule has 3 heterocycles. The van der Waals surface area contributed by atoms with Gasteiger partial charge in [-0.3, -0.25) is 14.1 Å². The lowest BCUT2D eigenvalue weighted by Crippen LogP contribution is -2.46. The Hall–Kier alpha value is -4.26. The first-order valence-electron chi connectivity index (χ1n) is 15.5. The number of amides is 2. The number of imidazole rings is 1. The van der Waals surface area contributed by atoms with Crippen LogP contribution in [0.15, 0.2) is 70.9 Å². The van der Waals surface area contributed by atoms with Crippen molar-refractivity contribution in [2.24, 2.45) is 10.9 Å². The number of pyridine rings is 1. The van der Waals surface area contributed by atoms with Crippen molar-refractivity contribution in [2.75, 3.05) is 25.9 Å². The van der Waals surface area contributed by atoms with Gasteiger partial charge < -0.3 is 25.6 Å². The molecule has 2 amide bonds. The number of benzene rings is 2. The number of carbonyl (C=O) groups excluding carboxylic acids is 2. The maximum atomic E-state index is 13.8. The molecular weight excluding hydrogens is 745 g/mol. The first-order valence-corrected chi connectivity index (χ1v) is 19.5. The molecule has 1 fully saturated rings. The molecule has 0 aliphatic carbocycles. The Morgan fingerprint density at radius 1 is 1.10 bits per heavy atom. The zero-order valence-corrected chi connectivity index (χ0v) is 30.8. The number of fused-ring (bicyclic) bond motifs is 1. The Kier molecular flexibility index (Phi) is 13.4. The van der Waals surface area contributed by atoms with E-state index in [-0.39, 0.29) is 40.5 Å². The smallest absolute Gasteiger partial charge is 0.261 e. The number of nitrogens with one attached hydrogen (secondary N) is 2. The third kappa shape index (κ3) is 10.6. The summed E-state index contributed by atoms with van der Waals surface area (Å²) in [5, 5.41) is 9.23. The number of nitrogens with two attached hydrogens (primary N) is 1. The highest BCUT2D eigenvalue weighted by Crippen LogP contribution is 2.36. The summed E-state index contributed by atoms with van der Waals surface area (Å²) >= 11 is 13.1. The van der Waals surface area contributed by atoms with Gasteiger partial charge in [-0.2, -0.15) is 17.8 Å². The van der Waals surface area contributed by atoms with Crippen molar-refractivity contribution in [1.82, 2.24) is 24.3 Å². The van der Waals surface area contributed by atoms with Gasteiger partial charge in [0.05, 0.1) is 23.2 Å². The predicted molar refractivity (Wildman–Crippen MR) is 193 cm³/mol. The average molecular weight is 783 g/mol. The van der Waals surface area contributed by atoms with Crippen LogP contribution in [0.2, 0.25) is 10.0 Å². The van der Waals surface area contributed by atoms with Crippen molar-refractivity contribution in [2.45, 2.75) is 43.7 Å². The first-order chi connectivity index (χ1) is 24.1. The number of sulfonamides is 1. The average Bonchev–Trinajstić information content (AvgIpc) is 3.71. The molecule has 1 atom stereocenters. The van der Waals surface area contributed by atoms with Crippen LogP contribution in [0, 0.1) is 6.92 Å². The topological polar surface area (TPSA) is 215 Å². The Labute approximate surface area is 305 Å². The zero-order chi connectivity index (χ0) is 37.3. The lowest BCUT2D eigenvalue weighted by Gasteiger charge is -2.24. The maximum Gasteiger partial charge on any atom is 0.261 e. The lowest BCUT2D eigenvalue weighted by molar-refractivity contribution is -0.124. The van der Waals surface area contributed by atoms with Gasteiger partial charge in [0, 0.05) is 48.2 Å². The predicted octanol–water partition coefficient (Wildman–Crippen LogP) is 3.41. The van der Waals surface area contributed by atoms with Crippen LogP contribution in [0.4, 0.5) is 0 Å². The van der Waals surface area contributed by atoms with Crippen LogP contribution >= 0.6 is 23.2 Å². The number of aryl methyl sites for hydroxylation is 1. The van der Waals surface area contributed by atoms with Crippen LogP contribution in [0.3, 0.4) is 0 Å². The quantitative estimate of drug-likeness (QED) is 0.0540. The fraction of sp³-hybridized carbons (Fsp3) is 0.312. The van der Waals surface area contributed by atoms with Gasteiger partial charge in [0.2, 0.25) is 15.9 Å². The summed E-state index contributed by atoms with van der Waals surface area (Å²) in [6.45, 7) is 2.51. The molecule has 1 saturated heterocycles. The molecule has 2 aromatic carbocycles. The summed E-state index contributed by atoms with van der Waals surface area (Å²) in [6, 6.07) is 12.2. The Bertz CT molecular complexity index is 2120. The van der Waals surface area contributed by atoms with Crippen molar-refractivity contribution < 1.29 is 35.7 Å². The number of hydrazone groups is 1.